The number of nitrogens with one attached hydrogen (secondary N) is 2. The lowest BCUT2D eigenvalue weighted by atomic mass is 10.2. The van der Waals surface area contributed by atoms with E-state index in [1.54, 1.807) is 19.6 Å². The molecule has 0 fully saturated rings. The van der Waals surface area contributed by atoms with Crippen LogP contribution in [0, 0.1) is 0 Å². The maximum atomic E-state index is 12.1. The van der Waals surface area contributed by atoms with Gasteiger partial charge >= 0.3 is 0 Å². The third-order valence-corrected chi connectivity index (χ3v) is 3.82. The van der Waals surface area contributed by atoms with Gasteiger partial charge in [0.05, 0.1) is 18.9 Å². The van der Waals surface area contributed by atoms with Crippen molar-refractivity contribution < 1.29 is 9.21 Å². The van der Waals surface area contributed by atoms with Crippen molar-refractivity contribution in [1.82, 2.24) is 10.6 Å². The largest absolute Gasteiger partial charge is 0.472 e. The van der Waals surface area contributed by atoms with E-state index in [0.29, 0.717) is 32.0 Å². The average molecular weight is 312 g/mol. The number of rotatable bonds is 5. The van der Waals surface area contributed by atoms with Gasteiger partial charge in [-0.2, -0.15) is 0 Å². The Morgan fingerprint density at radius 1 is 1.30 bits per heavy atom. The summed E-state index contributed by atoms with van der Waals surface area (Å²) in [5, 5.41) is 6.43. The van der Waals surface area contributed by atoms with Gasteiger partial charge in [-0.3, -0.25) is 9.79 Å². The fourth-order valence-electron chi connectivity index (χ4n) is 2.65. The maximum Gasteiger partial charge on any atom is 0.231 e. The third-order valence-electron chi connectivity index (χ3n) is 3.82. The molecule has 2 aromatic rings. The molecule has 3 rings (SSSR count). The first kappa shape index (κ1) is 15.1. The van der Waals surface area contributed by atoms with Gasteiger partial charge in [-0.1, -0.05) is 18.2 Å². The Morgan fingerprint density at radius 2 is 2.17 bits per heavy atom. The summed E-state index contributed by atoms with van der Waals surface area (Å²) in [5.74, 6) is 0.848. The van der Waals surface area contributed by atoms with Crippen LogP contribution in [0.15, 0.2) is 52.3 Å². The molecule has 1 aromatic heterocycles. The summed E-state index contributed by atoms with van der Waals surface area (Å²) in [4.78, 5) is 18.1. The van der Waals surface area contributed by atoms with Crippen molar-refractivity contribution in [3.05, 3.63) is 54.0 Å². The predicted octanol–water partition coefficient (Wildman–Crippen LogP) is 1.53. The number of hydrogen-bond acceptors (Lipinski definition) is 3. The lowest BCUT2D eigenvalue weighted by Gasteiger charge is -2.19. The van der Waals surface area contributed by atoms with E-state index in [1.807, 2.05) is 35.2 Å². The number of benzene rings is 1. The molecule has 2 N–H and O–H groups in total. The zero-order chi connectivity index (χ0) is 16.1. The van der Waals surface area contributed by atoms with E-state index < -0.39 is 0 Å². The molecule has 6 nitrogen and oxygen atoms in total. The SMILES string of the molecule is CN=C(NCCN1C(=O)Cc2ccccc21)NCc1ccoc1. The van der Waals surface area contributed by atoms with Gasteiger partial charge in [0.25, 0.3) is 0 Å². The molecule has 1 aliphatic heterocycles. The van der Waals surface area contributed by atoms with Crippen LogP contribution in [0.4, 0.5) is 5.69 Å². The van der Waals surface area contributed by atoms with Crippen molar-refractivity contribution in [1.29, 1.82) is 0 Å². The minimum absolute atomic E-state index is 0.148. The molecule has 0 bridgehead atoms. The summed E-state index contributed by atoms with van der Waals surface area (Å²) in [7, 11) is 1.72. The molecule has 0 unspecified atom stereocenters. The van der Waals surface area contributed by atoms with Gasteiger partial charge in [-0.25, -0.2) is 0 Å². The molecule has 1 aliphatic rings. The predicted molar refractivity (Wildman–Crippen MR) is 89.4 cm³/mol. The number of aliphatic imine (C=N–C) groups is 1. The second-order valence-electron chi connectivity index (χ2n) is 5.34. The number of guanidine groups is 1. The molecular formula is C17H20N4O2. The summed E-state index contributed by atoms with van der Waals surface area (Å²) < 4.78 is 5.03. The van der Waals surface area contributed by atoms with Crippen LogP contribution in [0.3, 0.4) is 0 Å². The average Bonchev–Trinajstić information content (AvgIpc) is 3.18. The van der Waals surface area contributed by atoms with E-state index in [-0.39, 0.29) is 5.91 Å². The van der Waals surface area contributed by atoms with E-state index >= 15 is 0 Å². The molecule has 0 radical (unpaired) electrons. The van der Waals surface area contributed by atoms with Gasteiger partial charge in [-0.15, -0.1) is 0 Å². The molecule has 1 amide bonds. The van der Waals surface area contributed by atoms with Crippen LogP contribution in [-0.2, 0) is 17.8 Å². The zero-order valence-electron chi connectivity index (χ0n) is 13.1. The van der Waals surface area contributed by atoms with Crippen LogP contribution < -0.4 is 15.5 Å². The fourth-order valence-corrected chi connectivity index (χ4v) is 2.65. The molecule has 0 aliphatic carbocycles. The van der Waals surface area contributed by atoms with E-state index in [2.05, 4.69) is 15.6 Å². The van der Waals surface area contributed by atoms with Crippen LogP contribution in [0.5, 0.6) is 0 Å². The first-order valence-electron chi connectivity index (χ1n) is 7.62. The van der Waals surface area contributed by atoms with Gasteiger partial charge in [0.15, 0.2) is 5.96 Å². The van der Waals surface area contributed by atoms with Gasteiger partial charge < -0.3 is 20.0 Å². The van der Waals surface area contributed by atoms with Crippen molar-refractivity contribution in [2.45, 2.75) is 13.0 Å². The van der Waals surface area contributed by atoms with Crippen molar-refractivity contribution >= 4 is 17.6 Å². The van der Waals surface area contributed by atoms with Gasteiger partial charge in [0.1, 0.15) is 0 Å². The molecule has 120 valence electrons. The third kappa shape index (κ3) is 3.53. The highest BCUT2D eigenvalue weighted by atomic mass is 16.3. The van der Waals surface area contributed by atoms with Gasteiger partial charge in [0.2, 0.25) is 5.91 Å². The first-order valence-corrected chi connectivity index (χ1v) is 7.62. The lowest BCUT2D eigenvalue weighted by molar-refractivity contribution is -0.117. The monoisotopic (exact) mass is 312 g/mol. The van der Waals surface area contributed by atoms with Crippen LogP contribution in [-0.4, -0.2) is 32.0 Å². The minimum atomic E-state index is 0.148. The Labute approximate surface area is 135 Å². The Kier molecular flexibility index (Phi) is 4.61. The van der Waals surface area contributed by atoms with E-state index in [4.69, 9.17) is 4.42 Å². The number of hydrogen-bond donors (Lipinski definition) is 2. The number of para-hydroxylation sites is 1. The quantitative estimate of drug-likeness (QED) is 0.649. The van der Waals surface area contributed by atoms with Crippen LogP contribution >= 0.6 is 0 Å². The highest BCUT2D eigenvalue weighted by Crippen LogP contribution is 2.27. The second kappa shape index (κ2) is 7.00. The number of amides is 1. The van der Waals surface area contributed by atoms with Crippen molar-refractivity contribution in [2.75, 3.05) is 25.0 Å². The Hall–Kier alpha value is -2.76. The van der Waals surface area contributed by atoms with E-state index in [0.717, 1.165) is 16.8 Å². The van der Waals surface area contributed by atoms with Crippen molar-refractivity contribution in [2.24, 2.45) is 4.99 Å². The summed E-state index contributed by atoms with van der Waals surface area (Å²) >= 11 is 0. The lowest BCUT2D eigenvalue weighted by Crippen LogP contribution is -2.42. The summed E-state index contributed by atoms with van der Waals surface area (Å²) in [6, 6.07) is 9.83. The number of fused-ring (bicyclic) bond motifs is 1. The Morgan fingerprint density at radius 3 is 2.96 bits per heavy atom. The zero-order valence-corrected chi connectivity index (χ0v) is 13.1. The summed E-state index contributed by atoms with van der Waals surface area (Å²) in [5.41, 5.74) is 3.16. The van der Waals surface area contributed by atoms with E-state index in [1.165, 1.54) is 0 Å². The van der Waals surface area contributed by atoms with Crippen LogP contribution in [0.2, 0.25) is 0 Å². The van der Waals surface area contributed by atoms with Crippen LogP contribution in [0.25, 0.3) is 0 Å². The highest BCUT2D eigenvalue weighted by molar-refractivity contribution is 6.01. The number of furan rings is 1. The van der Waals surface area contributed by atoms with E-state index in [9.17, 15) is 4.79 Å². The second-order valence-corrected chi connectivity index (χ2v) is 5.34. The Bertz CT molecular complexity index is 694. The number of anilines is 1. The fraction of sp³-hybridized carbons (Fsp3) is 0.294. The molecular weight excluding hydrogens is 292 g/mol. The number of nitrogens with zero attached hydrogens (tertiary/aromatic N) is 2. The molecule has 2 heterocycles. The highest BCUT2D eigenvalue weighted by Gasteiger charge is 2.25. The molecule has 1 aromatic carbocycles. The Balaban J connectivity index is 1.49. The smallest absolute Gasteiger partial charge is 0.231 e. The molecule has 0 saturated heterocycles. The normalized spacial score (nSPS) is 14.0. The molecule has 0 saturated carbocycles. The topological polar surface area (TPSA) is 69.9 Å². The van der Waals surface area contributed by atoms with Crippen molar-refractivity contribution in [3.63, 3.8) is 0 Å². The molecule has 0 spiro atoms. The van der Waals surface area contributed by atoms with Gasteiger partial charge in [-0.05, 0) is 17.7 Å². The molecule has 6 heteroatoms. The van der Waals surface area contributed by atoms with Gasteiger partial charge in [0, 0.05) is 37.9 Å². The first-order chi connectivity index (χ1) is 11.3. The number of carbonyl (C=O) groups excluding carboxylic acids is 1. The maximum absolute atomic E-state index is 12.1. The summed E-state index contributed by atoms with van der Waals surface area (Å²) in [6.45, 7) is 1.88. The van der Waals surface area contributed by atoms with Crippen molar-refractivity contribution in [3.8, 4) is 0 Å². The molecule has 23 heavy (non-hydrogen) atoms. The minimum Gasteiger partial charge on any atom is -0.472 e. The number of carbonyl (C=O) groups is 1. The standard InChI is InChI=1S/C17H20N4O2/c1-18-17(20-11-13-6-9-23-12-13)19-7-8-21-15-5-3-2-4-14(15)10-16(21)22/h2-6,9,12H,7-8,10-11H2,1H3,(H2,18,19,20). The summed E-state index contributed by atoms with van der Waals surface area (Å²) in [6.07, 6.45) is 3.83. The molecule has 0 atom stereocenters. The van der Waals surface area contributed by atoms with Crippen LogP contribution in [0.1, 0.15) is 11.1 Å².